The van der Waals surface area contributed by atoms with E-state index in [1.54, 1.807) is 0 Å². The molecule has 1 unspecified atom stereocenters. The molecule has 112 valence electrons. The van der Waals surface area contributed by atoms with Gasteiger partial charge < -0.3 is 10.2 Å². The number of rotatable bonds is 3. The lowest BCUT2D eigenvalue weighted by molar-refractivity contribution is -0.105. The van der Waals surface area contributed by atoms with Crippen molar-refractivity contribution in [2.75, 3.05) is 19.4 Å². The summed E-state index contributed by atoms with van der Waals surface area (Å²) in [5.74, 6) is 1.08. The fraction of sp³-hybridized carbons (Fsp3) is 0.222. The number of aliphatic imine (C=N–C) groups is 1. The number of nitrogens with zero attached hydrogens (tertiary/aromatic N) is 2. The molecule has 3 rings (SSSR count). The second-order valence-corrected chi connectivity index (χ2v) is 5.60. The number of likely N-dealkylation sites (N-methyl/N-ethyl adjacent to an activating group) is 1. The summed E-state index contributed by atoms with van der Waals surface area (Å²) in [6, 6.07) is 16.3. The molecule has 22 heavy (non-hydrogen) atoms. The molecule has 1 atom stereocenters. The van der Waals surface area contributed by atoms with Crippen molar-refractivity contribution in [2.24, 2.45) is 4.99 Å². The van der Waals surface area contributed by atoms with Gasteiger partial charge >= 0.3 is 0 Å². The Hall–Kier alpha value is -2.62. The van der Waals surface area contributed by atoms with Crippen molar-refractivity contribution >= 4 is 17.9 Å². The van der Waals surface area contributed by atoms with Crippen LogP contribution in [0.2, 0.25) is 0 Å². The molecule has 1 aliphatic heterocycles. The van der Waals surface area contributed by atoms with Crippen molar-refractivity contribution < 1.29 is 4.79 Å². The van der Waals surface area contributed by atoms with E-state index in [1.165, 1.54) is 11.1 Å². The first-order chi connectivity index (χ1) is 10.7. The zero-order chi connectivity index (χ0) is 15.5. The second kappa shape index (κ2) is 6.02. The van der Waals surface area contributed by atoms with E-state index in [0.717, 1.165) is 23.5 Å². The zero-order valence-electron chi connectivity index (χ0n) is 12.8. The van der Waals surface area contributed by atoms with Crippen molar-refractivity contribution in [3.63, 3.8) is 0 Å². The third-order valence-corrected chi connectivity index (χ3v) is 3.94. The van der Waals surface area contributed by atoms with Crippen LogP contribution in [0, 0.1) is 0 Å². The molecule has 0 bridgehead atoms. The molecule has 1 aliphatic rings. The highest BCUT2D eigenvalue weighted by Crippen LogP contribution is 2.33. The van der Waals surface area contributed by atoms with Crippen molar-refractivity contribution in [1.82, 2.24) is 4.90 Å². The van der Waals surface area contributed by atoms with Gasteiger partial charge in [-0.1, -0.05) is 36.4 Å². The van der Waals surface area contributed by atoms with Crippen LogP contribution in [0.1, 0.15) is 22.7 Å². The quantitative estimate of drug-likeness (QED) is 0.884. The van der Waals surface area contributed by atoms with Crippen LogP contribution in [0.3, 0.4) is 0 Å². The summed E-state index contributed by atoms with van der Waals surface area (Å²) < 4.78 is 0. The molecular weight excluding hydrogens is 274 g/mol. The zero-order valence-corrected chi connectivity index (χ0v) is 12.8. The number of hydrogen-bond donors (Lipinski definition) is 1. The van der Waals surface area contributed by atoms with E-state index in [4.69, 9.17) is 4.99 Å². The Bertz CT molecular complexity index is 705. The van der Waals surface area contributed by atoms with Crippen LogP contribution in [0.25, 0.3) is 0 Å². The smallest absolute Gasteiger partial charge is 0.211 e. The van der Waals surface area contributed by atoms with Crippen molar-refractivity contribution in [1.29, 1.82) is 0 Å². The third-order valence-electron chi connectivity index (χ3n) is 3.94. The lowest BCUT2D eigenvalue weighted by Gasteiger charge is -2.27. The van der Waals surface area contributed by atoms with Gasteiger partial charge in [0.05, 0.1) is 0 Å². The van der Waals surface area contributed by atoms with E-state index >= 15 is 0 Å². The maximum atomic E-state index is 10.5. The van der Waals surface area contributed by atoms with Crippen molar-refractivity contribution in [2.45, 2.75) is 12.5 Å². The van der Waals surface area contributed by atoms with Gasteiger partial charge in [-0.05, 0) is 28.8 Å². The SMILES string of the molecule is CN(C)C1=NC(c2ccc(NC=O)cc2)c2ccccc2C1. The predicted octanol–water partition coefficient (Wildman–Crippen LogP) is 2.86. The van der Waals surface area contributed by atoms with E-state index in [0.29, 0.717) is 6.41 Å². The summed E-state index contributed by atoms with van der Waals surface area (Å²) in [6.45, 7) is 0. The molecular formula is C18H19N3O. The van der Waals surface area contributed by atoms with Crippen LogP contribution in [0.5, 0.6) is 0 Å². The molecule has 1 amide bonds. The number of amides is 1. The fourth-order valence-corrected chi connectivity index (χ4v) is 2.75. The number of benzene rings is 2. The minimum absolute atomic E-state index is 0.00707. The van der Waals surface area contributed by atoms with Crippen molar-refractivity contribution in [3.8, 4) is 0 Å². The Labute approximate surface area is 130 Å². The van der Waals surface area contributed by atoms with Gasteiger partial charge in [-0.3, -0.25) is 9.79 Å². The summed E-state index contributed by atoms with van der Waals surface area (Å²) in [7, 11) is 4.06. The standard InChI is InChI=1S/C18H19N3O/c1-21(2)17-11-14-5-3-4-6-16(14)18(20-17)13-7-9-15(10-8-13)19-12-22/h3-10,12,18H,11H2,1-2H3,(H,19,22). The normalized spacial score (nSPS) is 16.5. The molecule has 2 aromatic carbocycles. The van der Waals surface area contributed by atoms with Gasteiger partial charge in [-0.2, -0.15) is 0 Å². The van der Waals surface area contributed by atoms with Gasteiger partial charge in [0.2, 0.25) is 6.41 Å². The number of fused-ring (bicyclic) bond motifs is 1. The van der Waals surface area contributed by atoms with E-state index in [2.05, 4.69) is 34.5 Å². The van der Waals surface area contributed by atoms with E-state index < -0.39 is 0 Å². The first-order valence-corrected chi connectivity index (χ1v) is 7.31. The Morgan fingerprint density at radius 2 is 1.86 bits per heavy atom. The summed E-state index contributed by atoms with van der Waals surface area (Å²) in [6.07, 6.45) is 1.55. The van der Waals surface area contributed by atoms with Crippen LogP contribution in [0.15, 0.2) is 53.5 Å². The molecule has 1 heterocycles. The van der Waals surface area contributed by atoms with Crippen LogP contribution in [0.4, 0.5) is 5.69 Å². The molecule has 4 heteroatoms. The average Bonchev–Trinajstić information content (AvgIpc) is 2.55. The number of nitrogens with one attached hydrogen (secondary N) is 1. The number of carbonyl (C=O) groups is 1. The summed E-state index contributed by atoms with van der Waals surface area (Å²) >= 11 is 0. The Morgan fingerprint density at radius 1 is 1.14 bits per heavy atom. The fourth-order valence-electron chi connectivity index (χ4n) is 2.75. The Balaban J connectivity index is 2.01. The predicted molar refractivity (Wildman–Crippen MR) is 89.2 cm³/mol. The molecule has 0 aliphatic carbocycles. The molecule has 0 spiro atoms. The minimum Gasteiger partial charge on any atom is -0.366 e. The summed E-state index contributed by atoms with van der Waals surface area (Å²) in [5, 5.41) is 2.66. The molecule has 0 fully saturated rings. The van der Waals surface area contributed by atoms with E-state index in [-0.39, 0.29) is 6.04 Å². The molecule has 0 aromatic heterocycles. The monoisotopic (exact) mass is 293 g/mol. The topological polar surface area (TPSA) is 44.7 Å². The lowest BCUT2D eigenvalue weighted by Crippen LogP contribution is -2.28. The summed E-state index contributed by atoms with van der Waals surface area (Å²) in [5.41, 5.74) is 4.49. The van der Waals surface area contributed by atoms with Gasteiger partial charge in [0.15, 0.2) is 0 Å². The van der Waals surface area contributed by atoms with Gasteiger partial charge in [0, 0.05) is 26.2 Å². The summed E-state index contributed by atoms with van der Waals surface area (Å²) in [4.78, 5) is 17.5. The molecule has 0 saturated carbocycles. The highest BCUT2D eigenvalue weighted by Gasteiger charge is 2.23. The highest BCUT2D eigenvalue weighted by atomic mass is 16.1. The van der Waals surface area contributed by atoms with Crippen LogP contribution in [-0.2, 0) is 11.2 Å². The molecule has 4 nitrogen and oxygen atoms in total. The molecule has 1 N–H and O–H groups in total. The Morgan fingerprint density at radius 3 is 2.55 bits per heavy atom. The lowest BCUT2D eigenvalue weighted by atomic mass is 9.90. The van der Waals surface area contributed by atoms with Crippen LogP contribution >= 0.6 is 0 Å². The molecule has 0 saturated heterocycles. The van der Waals surface area contributed by atoms with E-state index in [9.17, 15) is 4.79 Å². The average molecular weight is 293 g/mol. The highest BCUT2D eigenvalue weighted by molar-refractivity contribution is 5.86. The second-order valence-electron chi connectivity index (χ2n) is 5.60. The molecule has 0 radical (unpaired) electrons. The first-order valence-electron chi connectivity index (χ1n) is 7.31. The largest absolute Gasteiger partial charge is 0.366 e. The number of hydrogen-bond acceptors (Lipinski definition) is 3. The van der Waals surface area contributed by atoms with E-state index in [1.807, 2.05) is 38.4 Å². The molecule has 2 aromatic rings. The van der Waals surface area contributed by atoms with Crippen LogP contribution < -0.4 is 5.32 Å². The Kier molecular flexibility index (Phi) is 3.92. The number of amidine groups is 1. The minimum atomic E-state index is 0.00707. The van der Waals surface area contributed by atoms with Crippen molar-refractivity contribution in [3.05, 3.63) is 65.2 Å². The van der Waals surface area contributed by atoms with Gasteiger partial charge in [-0.15, -0.1) is 0 Å². The first kappa shape index (κ1) is 14.3. The van der Waals surface area contributed by atoms with Crippen LogP contribution in [-0.4, -0.2) is 31.2 Å². The maximum absolute atomic E-state index is 10.5. The van der Waals surface area contributed by atoms with Gasteiger partial charge in [0.1, 0.15) is 11.9 Å². The number of anilines is 1. The number of carbonyl (C=O) groups excluding carboxylic acids is 1. The third kappa shape index (κ3) is 2.72. The maximum Gasteiger partial charge on any atom is 0.211 e. The van der Waals surface area contributed by atoms with Gasteiger partial charge in [-0.25, -0.2) is 0 Å². The van der Waals surface area contributed by atoms with Gasteiger partial charge in [0.25, 0.3) is 0 Å².